The molecule has 2 N–H and O–H groups in total. The highest BCUT2D eigenvalue weighted by Gasteiger charge is 1.94. The van der Waals surface area contributed by atoms with Gasteiger partial charge in [0.15, 0.2) is 0 Å². The number of benzene rings is 1. The second-order valence-corrected chi connectivity index (χ2v) is 3.14. The molecular formula is C13H22N2O2. The SMILES string of the molecule is CC.COc1cccc(NCCNC(C)=O)c1. The van der Waals surface area contributed by atoms with Crippen molar-refractivity contribution < 1.29 is 9.53 Å². The number of hydrogen-bond donors (Lipinski definition) is 2. The van der Waals surface area contributed by atoms with Gasteiger partial charge in [0.2, 0.25) is 5.91 Å². The van der Waals surface area contributed by atoms with E-state index in [9.17, 15) is 4.79 Å². The maximum absolute atomic E-state index is 10.6. The molecular weight excluding hydrogens is 216 g/mol. The molecule has 1 amide bonds. The lowest BCUT2D eigenvalue weighted by atomic mass is 10.3. The molecule has 96 valence electrons. The first-order chi connectivity index (χ1) is 8.22. The third-order valence-corrected chi connectivity index (χ3v) is 1.90. The van der Waals surface area contributed by atoms with E-state index in [-0.39, 0.29) is 5.91 Å². The van der Waals surface area contributed by atoms with Crippen molar-refractivity contribution in [3.05, 3.63) is 24.3 Å². The summed E-state index contributed by atoms with van der Waals surface area (Å²) in [7, 11) is 1.64. The van der Waals surface area contributed by atoms with Gasteiger partial charge in [-0.25, -0.2) is 0 Å². The number of hydrogen-bond acceptors (Lipinski definition) is 3. The molecule has 0 saturated heterocycles. The maximum Gasteiger partial charge on any atom is 0.216 e. The zero-order valence-electron chi connectivity index (χ0n) is 11.0. The monoisotopic (exact) mass is 238 g/mol. The van der Waals surface area contributed by atoms with Gasteiger partial charge in [0.1, 0.15) is 5.75 Å². The molecule has 0 spiro atoms. The summed E-state index contributed by atoms with van der Waals surface area (Å²) in [5.74, 6) is 0.807. The van der Waals surface area contributed by atoms with E-state index < -0.39 is 0 Å². The normalized spacial score (nSPS) is 8.71. The number of carbonyl (C=O) groups is 1. The number of nitrogens with one attached hydrogen (secondary N) is 2. The summed E-state index contributed by atoms with van der Waals surface area (Å²) >= 11 is 0. The van der Waals surface area contributed by atoms with Crippen LogP contribution in [-0.2, 0) is 4.79 Å². The lowest BCUT2D eigenvalue weighted by Gasteiger charge is -2.07. The number of methoxy groups -OCH3 is 1. The number of anilines is 1. The fourth-order valence-corrected chi connectivity index (χ4v) is 1.18. The Morgan fingerprint density at radius 1 is 1.29 bits per heavy atom. The van der Waals surface area contributed by atoms with Gasteiger partial charge in [-0.05, 0) is 12.1 Å². The van der Waals surface area contributed by atoms with Crippen LogP contribution >= 0.6 is 0 Å². The minimum absolute atomic E-state index is 0.0116. The van der Waals surface area contributed by atoms with Crippen LogP contribution in [0.2, 0.25) is 0 Å². The Hall–Kier alpha value is -1.71. The molecule has 17 heavy (non-hydrogen) atoms. The van der Waals surface area contributed by atoms with Gasteiger partial charge >= 0.3 is 0 Å². The van der Waals surface area contributed by atoms with Crippen LogP contribution in [0.4, 0.5) is 5.69 Å². The van der Waals surface area contributed by atoms with Crippen LogP contribution in [0.25, 0.3) is 0 Å². The van der Waals surface area contributed by atoms with Gasteiger partial charge in [-0.1, -0.05) is 19.9 Å². The highest BCUT2D eigenvalue weighted by atomic mass is 16.5. The van der Waals surface area contributed by atoms with Gasteiger partial charge in [0.25, 0.3) is 0 Å². The standard InChI is InChI=1S/C11H16N2O2.C2H6/c1-9(14)12-6-7-13-10-4-3-5-11(8-10)15-2;1-2/h3-5,8,13H,6-7H2,1-2H3,(H,12,14);1-2H3. The molecule has 1 rings (SSSR count). The van der Waals surface area contributed by atoms with E-state index in [4.69, 9.17) is 4.74 Å². The van der Waals surface area contributed by atoms with Crippen LogP contribution in [0.5, 0.6) is 5.75 Å². The predicted molar refractivity (Wildman–Crippen MR) is 71.5 cm³/mol. The predicted octanol–water partition coefficient (Wildman–Crippen LogP) is 2.27. The van der Waals surface area contributed by atoms with Gasteiger partial charge in [0, 0.05) is 31.8 Å². The Morgan fingerprint density at radius 2 is 2.00 bits per heavy atom. The molecule has 0 heterocycles. The molecule has 0 aliphatic rings. The van der Waals surface area contributed by atoms with Crippen LogP contribution in [0, 0.1) is 0 Å². The zero-order chi connectivity index (χ0) is 13.1. The van der Waals surface area contributed by atoms with Crippen LogP contribution < -0.4 is 15.4 Å². The molecule has 0 aliphatic carbocycles. The molecule has 0 fully saturated rings. The van der Waals surface area contributed by atoms with E-state index in [2.05, 4.69) is 10.6 Å². The van der Waals surface area contributed by atoms with Crippen LogP contribution in [0.1, 0.15) is 20.8 Å². The minimum atomic E-state index is -0.0116. The number of rotatable bonds is 5. The second kappa shape index (κ2) is 9.51. The van der Waals surface area contributed by atoms with Crippen molar-refractivity contribution in [2.24, 2.45) is 0 Å². The molecule has 0 bridgehead atoms. The lowest BCUT2D eigenvalue weighted by Crippen LogP contribution is -2.26. The van der Waals surface area contributed by atoms with Crippen LogP contribution in [-0.4, -0.2) is 26.1 Å². The first-order valence-electron chi connectivity index (χ1n) is 5.84. The van der Waals surface area contributed by atoms with Crippen molar-refractivity contribution in [3.8, 4) is 5.75 Å². The van der Waals surface area contributed by atoms with Crippen molar-refractivity contribution in [2.75, 3.05) is 25.5 Å². The first-order valence-corrected chi connectivity index (χ1v) is 5.84. The van der Waals surface area contributed by atoms with Crippen molar-refractivity contribution in [1.29, 1.82) is 0 Å². The van der Waals surface area contributed by atoms with Gasteiger partial charge in [0.05, 0.1) is 7.11 Å². The molecule has 0 radical (unpaired) electrons. The van der Waals surface area contributed by atoms with Crippen molar-refractivity contribution in [2.45, 2.75) is 20.8 Å². The Labute approximate surface area is 103 Å². The van der Waals surface area contributed by atoms with Gasteiger partial charge in [-0.2, -0.15) is 0 Å². The van der Waals surface area contributed by atoms with E-state index in [1.54, 1.807) is 7.11 Å². The average Bonchev–Trinajstić information content (AvgIpc) is 2.37. The van der Waals surface area contributed by atoms with Crippen LogP contribution in [0.15, 0.2) is 24.3 Å². The third kappa shape index (κ3) is 7.22. The Kier molecular flexibility index (Phi) is 8.55. The van der Waals surface area contributed by atoms with E-state index in [0.717, 1.165) is 11.4 Å². The molecule has 1 aromatic rings. The largest absolute Gasteiger partial charge is 0.497 e. The first kappa shape index (κ1) is 15.3. The molecule has 4 heteroatoms. The lowest BCUT2D eigenvalue weighted by molar-refractivity contribution is -0.118. The van der Waals surface area contributed by atoms with Crippen molar-refractivity contribution in [1.82, 2.24) is 5.32 Å². The second-order valence-electron chi connectivity index (χ2n) is 3.14. The molecule has 0 saturated carbocycles. The number of ether oxygens (including phenoxy) is 1. The number of amides is 1. The molecule has 0 aliphatic heterocycles. The fourth-order valence-electron chi connectivity index (χ4n) is 1.18. The van der Waals surface area contributed by atoms with E-state index >= 15 is 0 Å². The molecule has 4 nitrogen and oxygen atoms in total. The summed E-state index contributed by atoms with van der Waals surface area (Å²) in [5.41, 5.74) is 0.986. The fraction of sp³-hybridized carbons (Fsp3) is 0.462. The summed E-state index contributed by atoms with van der Waals surface area (Å²) in [6, 6.07) is 7.67. The van der Waals surface area contributed by atoms with Gasteiger partial charge in [-0.15, -0.1) is 0 Å². The van der Waals surface area contributed by atoms with E-state index in [1.807, 2.05) is 38.1 Å². The van der Waals surface area contributed by atoms with Gasteiger partial charge in [-0.3, -0.25) is 4.79 Å². The minimum Gasteiger partial charge on any atom is -0.497 e. The smallest absolute Gasteiger partial charge is 0.216 e. The zero-order valence-corrected chi connectivity index (χ0v) is 11.0. The third-order valence-electron chi connectivity index (χ3n) is 1.90. The summed E-state index contributed by atoms with van der Waals surface area (Å²) in [6.07, 6.45) is 0. The molecule has 0 aromatic heterocycles. The maximum atomic E-state index is 10.6. The average molecular weight is 238 g/mol. The topological polar surface area (TPSA) is 50.4 Å². The van der Waals surface area contributed by atoms with Gasteiger partial charge < -0.3 is 15.4 Å². The Bertz CT molecular complexity index is 327. The molecule has 1 aromatic carbocycles. The highest BCUT2D eigenvalue weighted by Crippen LogP contribution is 2.15. The highest BCUT2D eigenvalue weighted by molar-refractivity contribution is 5.72. The quantitative estimate of drug-likeness (QED) is 0.774. The number of carbonyl (C=O) groups excluding carboxylic acids is 1. The summed E-state index contributed by atoms with van der Waals surface area (Å²) in [5, 5.41) is 5.89. The molecule has 0 atom stereocenters. The van der Waals surface area contributed by atoms with Crippen LogP contribution in [0.3, 0.4) is 0 Å². The Balaban J connectivity index is 0.00000121. The van der Waals surface area contributed by atoms with E-state index in [1.165, 1.54) is 6.92 Å². The van der Waals surface area contributed by atoms with E-state index in [0.29, 0.717) is 13.1 Å². The summed E-state index contributed by atoms with van der Waals surface area (Å²) in [6.45, 7) is 6.82. The molecule has 0 unspecified atom stereocenters. The Morgan fingerprint density at radius 3 is 2.59 bits per heavy atom. The summed E-state index contributed by atoms with van der Waals surface area (Å²) < 4.78 is 5.09. The van der Waals surface area contributed by atoms with Crippen molar-refractivity contribution >= 4 is 11.6 Å². The summed E-state index contributed by atoms with van der Waals surface area (Å²) in [4.78, 5) is 10.6. The van der Waals surface area contributed by atoms with Crippen molar-refractivity contribution in [3.63, 3.8) is 0 Å².